The molecule has 3 aromatic rings. The predicted octanol–water partition coefficient (Wildman–Crippen LogP) is 2.64. The van der Waals surface area contributed by atoms with Gasteiger partial charge in [0, 0.05) is 17.9 Å². The highest BCUT2D eigenvalue weighted by Gasteiger charge is 2.22. The Balaban J connectivity index is 1.46. The minimum atomic E-state index is -0.222. The maximum Gasteiger partial charge on any atom is 0.252 e. The third kappa shape index (κ3) is 2.76. The van der Waals surface area contributed by atoms with Crippen molar-refractivity contribution in [2.75, 3.05) is 13.2 Å². The van der Waals surface area contributed by atoms with E-state index in [1.165, 1.54) is 6.26 Å². The van der Waals surface area contributed by atoms with E-state index in [2.05, 4.69) is 20.5 Å². The van der Waals surface area contributed by atoms with Crippen molar-refractivity contribution in [3.05, 3.63) is 46.7 Å². The second-order valence-corrected chi connectivity index (χ2v) is 6.05. The van der Waals surface area contributed by atoms with E-state index < -0.39 is 0 Å². The number of benzene rings is 1. The van der Waals surface area contributed by atoms with E-state index in [1.54, 1.807) is 18.2 Å². The van der Waals surface area contributed by atoms with E-state index >= 15 is 0 Å². The number of nitrogens with zero attached hydrogens (tertiary/aromatic N) is 2. The van der Waals surface area contributed by atoms with E-state index in [9.17, 15) is 4.79 Å². The monoisotopic (exact) mass is 346 g/mol. The number of rotatable bonds is 4. The van der Waals surface area contributed by atoms with Crippen molar-refractivity contribution < 1.29 is 13.9 Å². The Bertz CT molecular complexity index is 882. The number of carbonyl (C=O) groups excluding carboxylic acids is 1. The fourth-order valence-corrected chi connectivity index (χ4v) is 3.00. The van der Waals surface area contributed by atoms with Gasteiger partial charge in [-0.3, -0.25) is 9.89 Å². The smallest absolute Gasteiger partial charge is 0.252 e. The van der Waals surface area contributed by atoms with Crippen molar-refractivity contribution >= 4 is 28.5 Å². The minimum absolute atomic E-state index is 0.222. The van der Waals surface area contributed by atoms with Crippen LogP contribution in [0.2, 0.25) is 5.02 Å². The highest BCUT2D eigenvalue weighted by atomic mass is 35.5. The fraction of sp³-hybridized carbons (Fsp3) is 0.312. The number of ether oxygens (including phenoxy) is 1. The number of nitrogens with one attached hydrogen (secondary N) is 2. The van der Waals surface area contributed by atoms with Gasteiger partial charge in [-0.2, -0.15) is 5.10 Å². The molecule has 1 aliphatic rings. The second kappa shape index (κ2) is 6.26. The Labute approximate surface area is 142 Å². The van der Waals surface area contributed by atoms with Crippen LogP contribution in [0.15, 0.2) is 28.9 Å². The molecule has 2 aromatic heterocycles. The Morgan fingerprint density at radius 2 is 2.33 bits per heavy atom. The van der Waals surface area contributed by atoms with Gasteiger partial charge in [-0.25, -0.2) is 4.98 Å². The van der Waals surface area contributed by atoms with Crippen LogP contribution in [-0.4, -0.2) is 34.3 Å². The number of aromatic nitrogens is 3. The molecule has 3 heterocycles. The first-order valence-electron chi connectivity index (χ1n) is 7.65. The summed E-state index contributed by atoms with van der Waals surface area (Å²) in [4.78, 5) is 16.8. The van der Waals surface area contributed by atoms with Gasteiger partial charge >= 0.3 is 0 Å². The summed E-state index contributed by atoms with van der Waals surface area (Å²) in [6, 6.07) is 5.05. The zero-order valence-electron chi connectivity index (χ0n) is 12.7. The average Bonchev–Trinajstić information content (AvgIpc) is 3.32. The quantitative estimate of drug-likeness (QED) is 0.757. The third-order valence-electron chi connectivity index (χ3n) is 4.07. The number of furan rings is 1. The Morgan fingerprint density at radius 3 is 3.17 bits per heavy atom. The molecule has 1 aliphatic heterocycles. The molecule has 2 N–H and O–H groups in total. The van der Waals surface area contributed by atoms with Crippen molar-refractivity contribution in [3.8, 4) is 0 Å². The molecule has 8 heteroatoms. The van der Waals surface area contributed by atoms with Gasteiger partial charge in [0.05, 0.1) is 30.0 Å². The van der Waals surface area contributed by atoms with E-state index in [0.29, 0.717) is 34.0 Å². The molecule has 7 nitrogen and oxygen atoms in total. The highest BCUT2D eigenvalue weighted by Crippen LogP contribution is 2.27. The van der Waals surface area contributed by atoms with Crippen LogP contribution in [0.4, 0.5) is 0 Å². The van der Waals surface area contributed by atoms with Gasteiger partial charge in [0.25, 0.3) is 5.91 Å². The van der Waals surface area contributed by atoms with E-state index in [4.69, 9.17) is 20.8 Å². The van der Waals surface area contributed by atoms with Gasteiger partial charge in [0.1, 0.15) is 5.82 Å². The van der Waals surface area contributed by atoms with Crippen molar-refractivity contribution in [3.63, 3.8) is 0 Å². The molecule has 1 amide bonds. The number of hydrogen-bond acceptors (Lipinski definition) is 5. The number of H-pyrrole nitrogens is 1. The van der Waals surface area contributed by atoms with Crippen molar-refractivity contribution in [2.45, 2.75) is 18.9 Å². The van der Waals surface area contributed by atoms with Crippen LogP contribution in [0, 0.1) is 0 Å². The van der Waals surface area contributed by atoms with E-state index in [-0.39, 0.29) is 18.4 Å². The molecule has 0 aliphatic carbocycles. The first kappa shape index (κ1) is 15.2. The summed E-state index contributed by atoms with van der Waals surface area (Å²) in [5, 5.41) is 11.1. The Hall–Kier alpha value is -2.38. The van der Waals surface area contributed by atoms with Gasteiger partial charge in [-0.15, -0.1) is 0 Å². The molecular formula is C16H15ClN4O3. The number of aromatic amines is 1. The van der Waals surface area contributed by atoms with Gasteiger partial charge in [-0.05, 0) is 24.6 Å². The van der Waals surface area contributed by atoms with Crippen molar-refractivity contribution in [1.29, 1.82) is 0 Å². The molecule has 24 heavy (non-hydrogen) atoms. The lowest BCUT2D eigenvalue weighted by Gasteiger charge is -2.05. The number of halogens is 1. The van der Waals surface area contributed by atoms with Crippen molar-refractivity contribution in [1.82, 2.24) is 20.5 Å². The zero-order chi connectivity index (χ0) is 16.5. The minimum Gasteiger partial charge on any atom is -0.463 e. The van der Waals surface area contributed by atoms with Crippen LogP contribution >= 0.6 is 11.6 Å². The van der Waals surface area contributed by atoms with Crippen LogP contribution < -0.4 is 5.32 Å². The van der Waals surface area contributed by atoms with Crippen LogP contribution in [-0.2, 0) is 11.3 Å². The Morgan fingerprint density at radius 1 is 1.42 bits per heavy atom. The van der Waals surface area contributed by atoms with E-state index in [1.807, 2.05) is 0 Å². The predicted molar refractivity (Wildman–Crippen MR) is 87.0 cm³/mol. The fourth-order valence-electron chi connectivity index (χ4n) is 2.80. The topological polar surface area (TPSA) is 93.0 Å². The van der Waals surface area contributed by atoms with Crippen molar-refractivity contribution in [2.24, 2.45) is 0 Å². The number of fused-ring (bicyclic) bond motifs is 1. The molecule has 4 rings (SSSR count). The average molecular weight is 347 g/mol. The third-order valence-corrected chi connectivity index (χ3v) is 4.37. The van der Waals surface area contributed by atoms with Gasteiger partial charge in [-0.1, -0.05) is 11.6 Å². The van der Waals surface area contributed by atoms with Gasteiger partial charge < -0.3 is 14.5 Å². The SMILES string of the molecule is O=C(NCc1nc(C2CCOC2)n[nH]1)c1ccc(Cl)c2occc12. The molecule has 0 bridgehead atoms. The lowest BCUT2D eigenvalue weighted by Crippen LogP contribution is -2.23. The number of carbonyl (C=O) groups is 1. The number of amides is 1. The summed E-state index contributed by atoms with van der Waals surface area (Å²) in [5.41, 5.74) is 1.01. The van der Waals surface area contributed by atoms with Crippen LogP contribution in [0.25, 0.3) is 11.0 Å². The maximum absolute atomic E-state index is 12.4. The zero-order valence-corrected chi connectivity index (χ0v) is 13.5. The van der Waals surface area contributed by atoms with Gasteiger partial charge in [0.2, 0.25) is 0 Å². The molecule has 1 saturated heterocycles. The maximum atomic E-state index is 12.4. The van der Waals surface area contributed by atoms with Crippen LogP contribution in [0.5, 0.6) is 0 Å². The second-order valence-electron chi connectivity index (χ2n) is 5.64. The molecule has 0 saturated carbocycles. The lowest BCUT2D eigenvalue weighted by atomic mass is 10.1. The summed E-state index contributed by atoms with van der Waals surface area (Å²) < 4.78 is 10.6. The first-order valence-corrected chi connectivity index (χ1v) is 8.03. The standard InChI is InChI=1S/C16H15ClN4O3/c17-12-2-1-11(10-4-6-24-14(10)12)16(22)18-7-13-19-15(21-20-13)9-3-5-23-8-9/h1-2,4,6,9H,3,5,7-8H2,(H,18,22)(H,19,20,21). The molecule has 1 fully saturated rings. The largest absolute Gasteiger partial charge is 0.463 e. The summed E-state index contributed by atoms with van der Waals surface area (Å²) in [7, 11) is 0. The summed E-state index contributed by atoms with van der Waals surface area (Å²) in [6.45, 7) is 1.65. The molecule has 1 aromatic carbocycles. The Kier molecular flexibility index (Phi) is 3.95. The number of hydrogen-bond donors (Lipinski definition) is 2. The normalized spacial score (nSPS) is 17.5. The van der Waals surface area contributed by atoms with Crippen LogP contribution in [0.3, 0.4) is 0 Å². The van der Waals surface area contributed by atoms with Crippen LogP contribution in [0.1, 0.15) is 34.3 Å². The molecule has 1 unspecified atom stereocenters. The summed E-state index contributed by atoms with van der Waals surface area (Å²) >= 11 is 6.05. The summed E-state index contributed by atoms with van der Waals surface area (Å²) in [5.74, 6) is 1.36. The highest BCUT2D eigenvalue weighted by molar-refractivity contribution is 6.35. The molecule has 0 radical (unpaired) electrons. The first-order chi connectivity index (χ1) is 11.7. The van der Waals surface area contributed by atoms with Gasteiger partial charge in [0.15, 0.2) is 11.4 Å². The molecule has 1 atom stereocenters. The molecule has 0 spiro atoms. The lowest BCUT2D eigenvalue weighted by molar-refractivity contribution is 0.0951. The summed E-state index contributed by atoms with van der Waals surface area (Å²) in [6.07, 6.45) is 2.44. The molecule has 124 valence electrons. The molecular weight excluding hydrogens is 332 g/mol. The van der Waals surface area contributed by atoms with E-state index in [0.717, 1.165) is 18.9 Å².